The SMILES string of the molecule is O=C(NCc1cccc(OCc2ccccc2)c1)[C@@H]1CC(=O)N([C@H]2CCS(=O)(=O)C2)C1. The van der Waals surface area contributed by atoms with E-state index in [2.05, 4.69) is 5.32 Å². The average Bonchev–Trinajstić information content (AvgIpc) is 3.33. The van der Waals surface area contributed by atoms with Gasteiger partial charge in [-0.25, -0.2) is 8.42 Å². The quantitative estimate of drug-likeness (QED) is 0.707. The van der Waals surface area contributed by atoms with Crippen LogP contribution in [0.25, 0.3) is 0 Å². The molecule has 0 bridgehead atoms. The summed E-state index contributed by atoms with van der Waals surface area (Å²) in [5.74, 6) is 0.0589. The van der Waals surface area contributed by atoms with E-state index in [1.54, 1.807) is 4.90 Å². The molecule has 2 heterocycles. The molecule has 2 saturated heterocycles. The largest absolute Gasteiger partial charge is 0.489 e. The summed E-state index contributed by atoms with van der Waals surface area (Å²) in [5.41, 5.74) is 1.98. The number of carbonyl (C=O) groups is 2. The lowest BCUT2D eigenvalue weighted by Crippen LogP contribution is -2.39. The molecule has 4 rings (SSSR count). The Labute approximate surface area is 182 Å². The minimum atomic E-state index is -3.07. The smallest absolute Gasteiger partial charge is 0.225 e. The van der Waals surface area contributed by atoms with Gasteiger partial charge in [0.05, 0.1) is 17.4 Å². The van der Waals surface area contributed by atoms with Crippen LogP contribution in [0, 0.1) is 5.92 Å². The van der Waals surface area contributed by atoms with Crippen LogP contribution in [0.5, 0.6) is 5.75 Å². The third-order valence-corrected chi connectivity index (χ3v) is 7.54. The van der Waals surface area contributed by atoms with Crippen molar-refractivity contribution in [1.82, 2.24) is 10.2 Å². The zero-order valence-corrected chi connectivity index (χ0v) is 18.0. The van der Waals surface area contributed by atoms with Gasteiger partial charge in [0.2, 0.25) is 11.8 Å². The molecule has 0 aromatic heterocycles. The van der Waals surface area contributed by atoms with Crippen molar-refractivity contribution >= 4 is 21.7 Å². The number of amides is 2. The molecule has 2 aromatic rings. The van der Waals surface area contributed by atoms with E-state index in [1.807, 2.05) is 54.6 Å². The summed E-state index contributed by atoms with van der Waals surface area (Å²) in [6.45, 7) is 1.09. The van der Waals surface area contributed by atoms with Crippen LogP contribution < -0.4 is 10.1 Å². The van der Waals surface area contributed by atoms with Gasteiger partial charge in [-0.15, -0.1) is 0 Å². The van der Waals surface area contributed by atoms with Crippen LogP contribution in [0.4, 0.5) is 0 Å². The number of carbonyl (C=O) groups excluding carboxylic acids is 2. The van der Waals surface area contributed by atoms with Crippen molar-refractivity contribution in [2.45, 2.75) is 32.0 Å². The summed E-state index contributed by atoms with van der Waals surface area (Å²) < 4.78 is 29.2. The molecular formula is C23H26N2O5S. The lowest BCUT2D eigenvalue weighted by atomic mass is 10.1. The van der Waals surface area contributed by atoms with Gasteiger partial charge in [-0.05, 0) is 29.7 Å². The second-order valence-electron chi connectivity index (χ2n) is 8.14. The summed E-state index contributed by atoms with van der Waals surface area (Å²) in [5, 5.41) is 2.90. The number of ether oxygens (including phenoxy) is 1. The normalized spacial score (nSPS) is 22.5. The van der Waals surface area contributed by atoms with Crippen molar-refractivity contribution in [2.75, 3.05) is 18.1 Å². The highest BCUT2D eigenvalue weighted by Crippen LogP contribution is 2.26. The van der Waals surface area contributed by atoms with Gasteiger partial charge in [0, 0.05) is 25.6 Å². The molecule has 31 heavy (non-hydrogen) atoms. The molecule has 2 amide bonds. The van der Waals surface area contributed by atoms with Gasteiger partial charge in [0.15, 0.2) is 9.84 Å². The first kappa shape index (κ1) is 21.4. The molecule has 0 spiro atoms. The van der Waals surface area contributed by atoms with E-state index in [0.29, 0.717) is 19.6 Å². The molecule has 8 heteroatoms. The number of nitrogens with one attached hydrogen (secondary N) is 1. The zero-order chi connectivity index (χ0) is 21.8. The molecular weight excluding hydrogens is 416 g/mol. The zero-order valence-electron chi connectivity index (χ0n) is 17.2. The molecule has 2 aliphatic rings. The predicted molar refractivity (Wildman–Crippen MR) is 116 cm³/mol. The topological polar surface area (TPSA) is 92.8 Å². The molecule has 0 saturated carbocycles. The molecule has 2 fully saturated rings. The van der Waals surface area contributed by atoms with Crippen LogP contribution in [0.1, 0.15) is 24.0 Å². The van der Waals surface area contributed by atoms with Gasteiger partial charge in [0.25, 0.3) is 0 Å². The molecule has 7 nitrogen and oxygen atoms in total. The van der Waals surface area contributed by atoms with E-state index in [9.17, 15) is 18.0 Å². The van der Waals surface area contributed by atoms with Crippen molar-refractivity contribution in [2.24, 2.45) is 5.92 Å². The van der Waals surface area contributed by atoms with E-state index < -0.39 is 15.8 Å². The fourth-order valence-electron chi connectivity index (χ4n) is 4.10. The maximum absolute atomic E-state index is 12.6. The second kappa shape index (κ2) is 9.09. The highest BCUT2D eigenvalue weighted by atomic mass is 32.2. The number of rotatable bonds is 7. The lowest BCUT2D eigenvalue weighted by molar-refractivity contribution is -0.130. The number of likely N-dealkylation sites (tertiary alicyclic amines) is 1. The van der Waals surface area contributed by atoms with E-state index in [0.717, 1.165) is 16.9 Å². The number of sulfone groups is 1. The highest BCUT2D eigenvalue weighted by molar-refractivity contribution is 7.91. The number of nitrogens with zero attached hydrogens (tertiary/aromatic N) is 1. The van der Waals surface area contributed by atoms with Crippen molar-refractivity contribution < 1.29 is 22.7 Å². The summed E-state index contributed by atoms with van der Waals surface area (Å²) in [4.78, 5) is 26.5. The van der Waals surface area contributed by atoms with Crippen LogP contribution >= 0.6 is 0 Å². The van der Waals surface area contributed by atoms with Gasteiger partial charge in [-0.2, -0.15) is 0 Å². The Morgan fingerprint density at radius 1 is 1.10 bits per heavy atom. The predicted octanol–water partition coefficient (Wildman–Crippen LogP) is 1.92. The summed E-state index contributed by atoms with van der Waals surface area (Å²) in [6, 6.07) is 17.1. The maximum atomic E-state index is 12.6. The molecule has 2 aliphatic heterocycles. The minimum absolute atomic E-state index is 0.00283. The molecule has 0 radical (unpaired) electrons. The van der Waals surface area contributed by atoms with E-state index in [4.69, 9.17) is 4.74 Å². The van der Waals surface area contributed by atoms with Gasteiger partial charge in [-0.3, -0.25) is 9.59 Å². The lowest BCUT2D eigenvalue weighted by Gasteiger charge is -2.22. The van der Waals surface area contributed by atoms with Gasteiger partial charge < -0.3 is 15.0 Å². The van der Waals surface area contributed by atoms with Crippen molar-refractivity contribution in [3.05, 3.63) is 65.7 Å². The third kappa shape index (κ3) is 5.44. The minimum Gasteiger partial charge on any atom is -0.489 e. The molecule has 1 N–H and O–H groups in total. The van der Waals surface area contributed by atoms with Crippen LogP contribution in [-0.2, 0) is 32.6 Å². The standard InChI is InChI=1S/C23H26N2O5S/c26-22-12-19(14-25(22)20-9-10-31(28,29)16-20)23(27)24-13-18-7-4-8-21(11-18)30-15-17-5-2-1-3-6-17/h1-8,11,19-20H,9-10,12-16H2,(H,24,27)/t19-,20+/m1/s1. The van der Waals surface area contributed by atoms with Crippen LogP contribution in [0.2, 0.25) is 0 Å². The Kier molecular flexibility index (Phi) is 6.27. The Bertz CT molecular complexity index is 1050. The number of hydrogen-bond acceptors (Lipinski definition) is 5. The molecule has 2 atom stereocenters. The summed E-state index contributed by atoms with van der Waals surface area (Å²) in [6.07, 6.45) is 0.584. The second-order valence-corrected chi connectivity index (χ2v) is 10.4. The Morgan fingerprint density at radius 2 is 1.87 bits per heavy atom. The molecule has 0 unspecified atom stereocenters. The van der Waals surface area contributed by atoms with E-state index in [-0.39, 0.29) is 42.3 Å². The first-order valence-corrected chi connectivity index (χ1v) is 12.2. The monoisotopic (exact) mass is 442 g/mol. The van der Waals surface area contributed by atoms with E-state index >= 15 is 0 Å². The highest BCUT2D eigenvalue weighted by Gasteiger charge is 2.41. The third-order valence-electron chi connectivity index (χ3n) is 5.79. The van der Waals surface area contributed by atoms with Gasteiger partial charge >= 0.3 is 0 Å². The molecule has 164 valence electrons. The molecule has 0 aliphatic carbocycles. The van der Waals surface area contributed by atoms with Crippen molar-refractivity contribution in [3.63, 3.8) is 0 Å². The first-order chi connectivity index (χ1) is 14.9. The number of benzene rings is 2. The Morgan fingerprint density at radius 3 is 2.61 bits per heavy atom. The van der Waals surface area contributed by atoms with Crippen molar-refractivity contribution in [3.8, 4) is 5.75 Å². The van der Waals surface area contributed by atoms with Crippen LogP contribution in [0.15, 0.2) is 54.6 Å². The average molecular weight is 443 g/mol. The maximum Gasteiger partial charge on any atom is 0.225 e. The van der Waals surface area contributed by atoms with Gasteiger partial charge in [0.1, 0.15) is 12.4 Å². The fraction of sp³-hybridized carbons (Fsp3) is 0.391. The van der Waals surface area contributed by atoms with Crippen LogP contribution in [-0.4, -0.2) is 49.2 Å². The van der Waals surface area contributed by atoms with E-state index in [1.165, 1.54) is 0 Å². The fourth-order valence-corrected chi connectivity index (χ4v) is 5.83. The van der Waals surface area contributed by atoms with Gasteiger partial charge in [-0.1, -0.05) is 42.5 Å². The Balaban J connectivity index is 1.28. The summed E-state index contributed by atoms with van der Waals surface area (Å²) in [7, 11) is -3.07. The molecule has 2 aromatic carbocycles. The Hall–Kier alpha value is -2.87. The first-order valence-electron chi connectivity index (χ1n) is 10.4. The van der Waals surface area contributed by atoms with Crippen molar-refractivity contribution in [1.29, 1.82) is 0 Å². The summed E-state index contributed by atoms with van der Waals surface area (Å²) >= 11 is 0. The number of hydrogen-bond donors (Lipinski definition) is 1. The van der Waals surface area contributed by atoms with Crippen LogP contribution in [0.3, 0.4) is 0 Å².